The summed E-state index contributed by atoms with van der Waals surface area (Å²) in [7, 11) is 0. The lowest BCUT2D eigenvalue weighted by atomic mass is 9.99. The highest BCUT2D eigenvalue weighted by atomic mass is 16.7. The van der Waals surface area contributed by atoms with Crippen LogP contribution in [0.3, 0.4) is 0 Å². The van der Waals surface area contributed by atoms with Gasteiger partial charge in [-0.2, -0.15) is 5.43 Å². The van der Waals surface area contributed by atoms with Crippen LogP contribution in [0.2, 0.25) is 0 Å². The van der Waals surface area contributed by atoms with Crippen LogP contribution < -0.4 is 5.43 Å². The number of rotatable bonds is 2. The normalized spacial score (nSPS) is 14.2. The zero-order chi connectivity index (χ0) is 13.9. The van der Waals surface area contributed by atoms with E-state index in [0.717, 1.165) is 16.7 Å². The first kappa shape index (κ1) is 12.2. The zero-order valence-electron chi connectivity index (χ0n) is 10.4. The average molecular weight is 269 g/mol. The number of hydrogen-bond acceptors (Lipinski definition) is 5. The van der Waals surface area contributed by atoms with Crippen LogP contribution in [-0.2, 0) is 6.54 Å². The molecular weight excluding hydrogens is 258 g/mol. The molecule has 100 valence electrons. The number of pyridine rings is 1. The molecule has 0 amide bonds. The maximum Gasteiger partial charge on any atom is 0.219 e. The van der Waals surface area contributed by atoms with Gasteiger partial charge in [-0.05, 0) is 17.7 Å². The Morgan fingerprint density at radius 3 is 2.85 bits per heavy atom. The van der Waals surface area contributed by atoms with E-state index < -0.39 is 5.03 Å². The van der Waals surface area contributed by atoms with E-state index >= 15 is 0 Å². The molecular formula is C13H11N5O2. The molecule has 0 radical (unpaired) electrons. The van der Waals surface area contributed by atoms with Crippen molar-refractivity contribution >= 4 is 5.71 Å². The third-order valence-electron chi connectivity index (χ3n) is 2.97. The van der Waals surface area contributed by atoms with Crippen molar-refractivity contribution in [3.63, 3.8) is 0 Å². The summed E-state index contributed by atoms with van der Waals surface area (Å²) >= 11 is 0. The number of hydrogen-bond donors (Lipinski definition) is 1. The molecule has 0 aliphatic carbocycles. The molecule has 0 spiro atoms. The van der Waals surface area contributed by atoms with Gasteiger partial charge in [0.05, 0.1) is 15.4 Å². The van der Waals surface area contributed by atoms with Crippen molar-refractivity contribution in [1.29, 1.82) is 0 Å². The molecule has 0 saturated carbocycles. The molecule has 0 atom stereocenters. The van der Waals surface area contributed by atoms with E-state index in [2.05, 4.69) is 15.5 Å². The fourth-order valence-electron chi connectivity index (χ4n) is 2.06. The first-order valence-corrected chi connectivity index (χ1v) is 6.01. The third kappa shape index (κ3) is 2.21. The number of nitro groups is 1. The van der Waals surface area contributed by atoms with E-state index in [9.17, 15) is 10.1 Å². The van der Waals surface area contributed by atoms with E-state index in [-0.39, 0.29) is 0 Å². The molecule has 2 aromatic rings. The van der Waals surface area contributed by atoms with Crippen LogP contribution in [-0.4, -0.2) is 21.0 Å². The van der Waals surface area contributed by atoms with Gasteiger partial charge in [0.25, 0.3) is 0 Å². The molecule has 1 aliphatic heterocycles. The van der Waals surface area contributed by atoms with Gasteiger partial charge in [0.15, 0.2) is 0 Å². The number of hydrazine groups is 2. The SMILES string of the molecule is O=[N+]([O-])N1N=C(c2cccnc2)c2ccccc2CN1. The highest BCUT2D eigenvalue weighted by Crippen LogP contribution is 2.18. The van der Waals surface area contributed by atoms with Crippen LogP contribution in [0.4, 0.5) is 0 Å². The van der Waals surface area contributed by atoms with Crippen molar-refractivity contribution in [2.75, 3.05) is 0 Å². The molecule has 1 N–H and O–H groups in total. The molecule has 2 heterocycles. The summed E-state index contributed by atoms with van der Waals surface area (Å²) < 4.78 is 0. The smallest absolute Gasteiger partial charge is 0.219 e. The standard InChI is InChI=1S/C13H11N5O2/c19-18(20)17-15-9-10-4-1-2-6-12(10)13(16-17)11-5-3-7-14-8-11/h1-8,15H,9H2. The summed E-state index contributed by atoms with van der Waals surface area (Å²) in [5.74, 6) is 0. The van der Waals surface area contributed by atoms with Gasteiger partial charge in [-0.25, -0.2) is 0 Å². The Kier molecular flexibility index (Phi) is 3.10. The topological polar surface area (TPSA) is 83.7 Å². The monoisotopic (exact) mass is 269 g/mol. The number of nitrogens with one attached hydrogen (secondary N) is 1. The van der Waals surface area contributed by atoms with Gasteiger partial charge >= 0.3 is 0 Å². The van der Waals surface area contributed by atoms with E-state index in [1.54, 1.807) is 18.5 Å². The Balaban J connectivity index is 2.16. The minimum atomic E-state index is -0.595. The highest BCUT2D eigenvalue weighted by molar-refractivity contribution is 6.13. The summed E-state index contributed by atoms with van der Waals surface area (Å²) in [6.07, 6.45) is 3.29. The maximum atomic E-state index is 11.0. The van der Waals surface area contributed by atoms with Crippen molar-refractivity contribution in [1.82, 2.24) is 15.6 Å². The van der Waals surface area contributed by atoms with Gasteiger partial charge in [0, 0.05) is 30.1 Å². The minimum Gasteiger partial charge on any atom is -0.338 e. The second-order valence-corrected chi connectivity index (χ2v) is 4.21. The lowest BCUT2D eigenvalue weighted by Crippen LogP contribution is -2.37. The molecule has 1 aliphatic rings. The summed E-state index contributed by atoms with van der Waals surface area (Å²) in [6, 6.07) is 11.2. The summed E-state index contributed by atoms with van der Waals surface area (Å²) in [4.78, 5) is 15.0. The molecule has 0 saturated heterocycles. The molecule has 0 fully saturated rings. The van der Waals surface area contributed by atoms with Crippen LogP contribution in [0.25, 0.3) is 0 Å². The fraction of sp³-hybridized carbons (Fsp3) is 0.0769. The molecule has 1 aromatic carbocycles. The second kappa shape index (κ2) is 5.06. The average Bonchev–Trinajstić information content (AvgIpc) is 2.68. The van der Waals surface area contributed by atoms with Gasteiger partial charge in [0.2, 0.25) is 5.71 Å². The molecule has 1 aromatic heterocycles. The quantitative estimate of drug-likeness (QED) is 0.657. The molecule has 7 heteroatoms. The number of aromatic nitrogens is 1. The highest BCUT2D eigenvalue weighted by Gasteiger charge is 2.25. The van der Waals surface area contributed by atoms with Crippen LogP contribution in [0.15, 0.2) is 53.9 Å². The number of nitrogens with zero attached hydrogens (tertiary/aromatic N) is 4. The molecule has 0 bridgehead atoms. The Labute approximate surface area is 114 Å². The van der Waals surface area contributed by atoms with Crippen molar-refractivity contribution in [3.8, 4) is 0 Å². The van der Waals surface area contributed by atoms with Gasteiger partial charge in [-0.1, -0.05) is 24.3 Å². The van der Waals surface area contributed by atoms with Gasteiger partial charge in [0.1, 0.15) is 0 Å². The summed E-state index contributed by atoms with van der Waals surface area (Å²) in [6.45, 7) is 0.338. The number of hydrazone groups is 1. The van der Waals surface area contributed by atoms with E-state index in [1.165, 1.54) is 0 Å². The van der Waals surface area contributed by atoms with Crippen LogP contribution in [0.5, 0.6) is 0 Å². The van der Waals surface area contributed by atoms with Gasteiger partial charge in [-0.15, -0.1) is 0 Å². The van der Waals surface area contributed by atoms with Crippen LogP contribution in [0.1, 0.15) is 16.7 Å². The Morgan fingerprint density at radius 2 is 2.10 bits per heavy atom. The van der Waals surface area contributed by atoms with Crippen LogP contribution in [0, 0.1) is 10.1 Å². The molecule has 3 rings (SSSR count). The molecule has 7 nitrogen and oxygen atoms in total. The second-order valence-electron chi connectivity index (χ2n) is 4.21. The zero-order valence-corrected chi connectivity index (χ0v) is 10.4. The first-order chi connectivity index (χ1) is 9.75. The van der Waals surface area contributed by atoms with Gasteiger partial charge in [-0.3, -0.25) is 4.98 Å². The van der Waals surface area contributed by atoms with Gasteiger partial charge < -0.3 is 10.1 Å². The number of fused-ring (bicyclic) bond motifs is 1. The van der Waals surface area contributed by atoms with Crippen LogP contribution >= 0.6 is 0 Å². The van der Waals surface area contributed by atoms with Crippen molar-refractivity contribution in [2.24, 2.45) is 5.10 Å². The minimum absolute atomic E-state index is 0.338. The van der Waals surface area contributed by atoms with Crippen molar-refractivity contribution in [3.05, 3.63) is 75.6 Å². The Hall–Kier alpha value is -2.80. The molecule has 20 heavy (non-hydrogen) atoms. The third-order valence-corrected chi connectivity index (χ3v) is 2.97. The summed E-state index contributed by atoms with van der Waals surface area (Å²) in [5, 5.41) is 15.1. The lowest BCUT2D eigenvalue weighted by Gasteiger charge is -2.07. The maximum absolute atomic E-state index is 11.0. The predicted octanol–water partition coefficient (Wildman–Crippen LogP) is 1.35. The predicted molar refractivity (Wildman–Crippen MR) is 72.0 cm³/mol. The van der Waals surface area contributed by atoms with Crippen molar-refractivity contribution < 1.29 is 5.03 Å². The summed E-state index contributed by atoms with van der Waals surface area (Å²) in [5.41, 5.74) is 5.72. The largest absolute Gasteiger partial charge is 0.338 e. The van der Waals surface area contributed by atoms with E-state index in [4.69, 9.17) is 0 Å². The Bertz CT molecular complexity index is 671. The number of benzene rings is 1. The first-order valence-electron chi connectivity index (χ1n) is 6.01. The fourth-order valence-corrected chi connectivity index (χ4v) is 2.06. The van der Waals surface area contributed by atoms with Crippen molar-refractivity contribution in [2.45, 2.75) is 6.54 Å². The lowest BCUT2D eigenvalue weighted by molar-refractivity contribution is -0.672. The Morgan fingerprint density at radius 1 is 1.25 bits per heavy atom. The molecule has 0 unspecified atom stereocenters. The van der Waals surface area contributed by atoms with E-state index in [1.807, 2.05) is 30.3 Å². The van der Waals surface area contributed by atoms with E-state index in [0.29, 0.717) is 17.5 Å².